The Kier molecular flexibility index (Phi) is 2.06. The van der Waals surface area contributed by atoms with Gasteiger partial charge in [0.15, 0.2) is 0 Å². The molecule has 0 aromatic heterocycles. The van der Waals surface area contributed by atoms with Crippen molar-refractivity contribution in [3.05, 3.63) is 11.6 Å². The van der Waals surface area contributed by atoms with E-state index in [1.165, 1.54) is 0 Å². The number of nitrogens with zero attached hydrogens (tertiary/aromatic N) is 1. The first-order valence-electron chi connectivity index (χ1n) is 2.33. The Balaban J connectivity index is 2.78. The Morgan fingerprint density at radius 2 is 2.33 bits per heavy atom. The molecule has 0 spiro atoms. The summed E-state index contributed by atoms with van der Waals surface area (Å²) in [7, 11) is 9.82. The fourth-order valence-electron chi connectivity index (χ4n) is 0.503. The summed E-state index contributed by atoms with van der Waals surface area (Å²) < 4.78 is 0. The van der Waals surface area contributed by atoms with Gasteiger partial charge in [-0.05, 0) is 29.8 Å². The fraction of sp³-hybridized carbons (Fsp3) is 0.250. The predicted octanol–water partition coefficient (Wildman–Crippen LogP) is 1.94. The lowest BCUT2D eigenvalue weighted by Gasteiger charge is -2.15. The Labute approximate surface area is 64.0 Å². The Hall–Kier alpha value is 0.300. The smallest absolute Gasteiger partial charge is 0.0996 e. The standard InChI is InChI=1S/C4H6Cl2N2S/c5-9(6)2-1-8-4(9)3-7/h1-2H,3,7H2. The van der Waals surface area contributed by atoms with E-state index in [1.807, 2.05) is 0 Å². The van der Waals surface area contributed by atoms with Crippen molar-refractivity contribution in [1.29, 1.82) is 0 Å². The second-order valence-electron chi connectivity index (χ2n) is 1.52. The maximum absolute atomic E-state index is 5.78. The summed E-state index contributed by atoms with van der Waals surface area (Å²) in [5, 5.41) is 2.36. The normalized spacial score (nSPS) is 25.9. The highest BCUT2D eigenvalue weighted by Crippen LogP contribution is 2.62. The predicted molar refractivity (Wildman–Crippen MR) is 44.9 cm³/mol. The lowest BCUT2D eigenvalue weighted by atomic mass is 10.7. The Bertz CT molecular complexity index is 175. The van der Waals surface area contributed by atoms with Gasteiger partial charge in [-0.3, -0.25) is 4.99 Å². The molecule has 0 radical (unpaired) electrons. The summed E-state index contributed by atoms with van der Waals surface area (Å²) in [5.74, 6) is 0. The SMILES string of the molecule is NCC1=NC=CS1(Cl)Cl. The minimum Gasteiger partial charge on any atom is -0.325 e. The van der Waals surface area contributed by atoms with Crippen LogP contribution in [-0.4, -0.2) is 11.6 Å². The average Bonchev–Trinajstić information content (AvgIpc) is 2.08. The lowest BCUT2D eigenvalue weighted by Crippen LogP contribution is -2.12. The molecule has 52 valence electrons. The second kappa shape index (κ2) is 2.50. The highest BCUT2D eigenvalue weighted by Gasteiger charge is 2.23. The van der Waals surface area contributed by atoms with Crippen molar-refractivity contribution in [2.24, 2.45) is 10.7 Å². The molecule has 1 aliphatic rings. The van der Waals surface area contributed by atoms with E-state index in [9.17, 15) is 0 Å². The van der Waals surface area contributed by atoms with Crippen LogP contribution in [0.4, 0.5) is 0 Å². The van der Waals surface area contributed by atoms with Crippen molar-refractivity contribution in [1.82, 2.24) is 0 Å². The molecule has 0 saturated heterocycles. The van der Waals surface area contributed by atoms with Crippen molar-refractivity contribution in [3.63, 3.8) is 0 Å². The number of hydrogen-bond acceptors (Lipinski definition) is 2. The van der Waals surface area contributed by atoms with E-state index < -0.39 is 8.46 Å². The van der Waals surface area contributed by atoms with Crippen molar-refractivity contribution < 1.29 is 0 Å². The molecule has 5 heteroatoms. The summed E-state index contributed by atoms with van der Waals surface area (Å²) in [6.45, 7) is 0.343. The topological polar surface area (TPSA) is 38.4 Å². The van der Waals surface area contributed by atoms with Gasteiger partial charge in [-0.25, -0.2) is 0 Å². The van der Waals surface area contributed by atoms with E-state index in [0.29, 0.717) is 11.6 Å². The van der Waals surface area contributed by atoms with Crippen LogP contribution in [0.3, 0.4) is 0 Å². The van der Waals surface area contributed by atoms with Crippen LogP contribution in [0.2, 0.25) is 0 Å². The summed E-state index contributed by atoms with van der Waals surface area (Å²) in [5.41, 5.74) is 5.29. The maximum Gasteiger partial charge on any atom is 0.0996 e. The van der Waals surface area contributed by atoms with Crippen LogP contribution in [0.5, 0.6) is 0 Å². The van der Waals surface area contributed by atoms with Crippen molar-refractivity contribution in [3.8, 4) is 0 Å². The van der Waals surface area contributed by atoms with E-state index in [4.69, 9.17) is 27.1 Å². The number of nitrogens with two attached hydrogens (primary N) is 1. The third kappa shape index (κ3) is 1.41. The van der Waals surface area contributed by atoms with Gasteiger partial charge in [-0.1, -0.05) is 0 Å². The Morgan fingerprint density at radius 1 is 1.67 bits per heavy atom. The zero-order chi connectivity index (χ0) is 6.91. The van der Waals surface area contributed by atoms with Crippen LogP contribution in [0, 0.1) is 0 Å². The summed E-state index contributed by atoms with van der Waals surface area (Å²) >= 11 is 0. The zero-order valence-corrected chi connectivity index (χ0v) is 6.88. The first-order valence-corrected chi connectivity index (χ1v) is 5.67. The zero-order valence-electron chi connectivity index (χ0n) is 4.55. The molecule has 0 fully saturated rings. The third-order valence-corrected chi connectivity index (χ3v) is 3.99. The maximum atomic E-state index is 5.78. The molecule has 0 amide bonds. The highest BCUT2D eigenvalue weighted by atomic mass is 36.0. The monoisotopic (exact) mass is 184 g/mol. The third-order valence-electron chi connectivity index (χ3n) is 0.939. The van der Waals surface area contributed by atoms with E-state index in [0.717, 1.165) is 0 Å². The summed E-state index contributed by atoms with van der Waals surface area (Å²) in [4.78, 5) is 3.89. The molecule has 2 N–H and O–H groups in total. The highest BCUT2D eigenvalue weighted by molar-refractivity contribution is 8.76. The first-order chi connectivity index (χ1) is 4.17. The van der Waals surface area contributed by atoms with Gasteiger partial charge >= 0.3 is 0 Å². The number of halogens is 2. The molecule has 0 saturated carbocycles. The largest absolute Gasteiger partial charge is 0.325 e. The van der Waals surface area contributed by atoms with Gasteiger partial charge in [0, 0.05) is 18.2 Å². The van der Waals surface area contributed by atoms with E-state index in [1.54, 1.807) is 11.6 Å². The molecule has 0 aromatic carbocycles. The van der Waals surface area contributed by atoms with Gasteiger partial charge in [0.25, 0.3) is 0 Å². The van der Waals surface area contributed by atoms with E-state index >= 15 is 0 Å². The van der Waals surface area contributed by atoms with E-state index in [2.05, 4.69) is 4.99 Å². The molecule has 1 rings (SSSR count). The van der Waals surface area contributed by atoms with Gasteiger partial charge in [0.05, 0.1) is 5.04 Å². The molecule has 0 unspecified atom stereocenters. The molecular weight excluding hydrogens is 179 g/mol. The molecular formula is C4H6Cl2N2S. The van der Waals surface area contributed by atoms with Crippen molar-refractivity contribution >= 4 is 34.9 Å². The van der Waals surface area contributed by atoms with Gasteiger partial charge in [-0.2, -0.15) is 0 Å². The molecule has 2 nitrogen and oxygen atoms in total. The Morgan fingerprint density at radius 3 is 2.56 bits per heavy atom. The summed E-state index contributed by atoms with van der Waals surface area (Å²) in [6, 6.07) is 0. The summed E-state index contributed by atoms with van der Waals surface area (Å²) in [6.07, 6.45) is 1.59. The van der Waals surface area contributed by atoms with Gasteiger partial charge in [0.1, 0.15) is 0 Å². The molecule has 1 heterocycles. The van der Waals surface area contributed by atoms with Crippen LogP contribution in [0.1, 0.15) is 0 Å². The second-order valence-corrected chi connectivity index (χ2v) is 6.68. The van der Waals surface area contributed by atoms with Crippen LogP contribution in [0.25, 0.3) is 0 Å². The number of aliphatic imine (C=N–C) groups is 1. The fourth-order valence-corrected chi connectivity index (χ4v) is 2.19. The molecule has 0 aromatic rings. The minimum atomic E-state index is -1.75. The molecule has 9 heavy (non-hydrogen) atoms. The van der Waals surface area contributed by atoms with Gasteiger partial charge < -0.3 is 5.73 Å². The van der Waals surface area contributed by atoms with Crippen LogP contribution >= 0.6 is 29.8 Å². The average molecular weight is 185 g/mol. The van der Waals surface area contributed by atoms with Gasteiger partial charge in [-0.15, -0.1) is 0 Å². The lowest BCUT2D eigenvalue weighted by molar-refractivity contribution is 1.32. The van der Waals surface area contributed by atoms with Crippen LogP contribution in [0.15, 0.2) is 16.6 Å². The molecule has 1 aliphatic heterocycles. The number of rotatable bonds is 1. The molecule has 0 bridgehead atoms. The molecule has 0 atom stereocenters. The minimum absolute atomic E-state index is 0.343. The van der Waals surface area contributed by atoms with Crippen molar-refractivity contribution in [2.45, 2.75) is 0 Å². The van der Waals surface area contributed by atoms with Crippen LogP contribution in [-0.2, 0) is 0 Å². The van der Waals surface area contributed by atoms with Crippen LogP contribution < -0.4 is 5.73 Å². The van der Waals surface area contributed by atoms with Gasteiger partial charge in [0.2, 0.25) is 0 Å². The number of hydrogen-bond donors (Lipinski definition) is 1. The first kappa shape index (κ1) is 7.41. The van der Waals surface area contributed by atoms with E-state index in [-0.39, 0.29) is 0 Å². The van der Waals surface area contributed by atoms with Crippen molar-refractivity contribution in [2.75, 3.05) is 6.54 Å². The quantitative estimate of drug-likeness (QED) is 0.665. The molecule has 0 aliphatic carbocycles.